The second-order valence-corrected chi connectivity index (χ2v) is 6.51. The highest BCUT2D eigenvalue weighted by Crippen LogP contribution is 2.33. The van der Waals surface area contributed by atoms with Gasteiger partial charge in [0.2, 0.25) is 11.8 Å². The fourth-order valence-electron chi connectivity index (χ4n) is 2.95. The summed E-state index contributed by atoms with van der Waals surface area (Å²) in [5.41, 5.74) is 2.84. The second-order valence-electron chi connectivity index (χ2n) is 6.07. The normalized spacial score (nSPS) is 21.1. The lowest BCUT2D eigenvalue weighted by Gasteiger charge is -2.15. The Morgan fingerprint density at radius 3 is 2.17 bits per heavy atom. The van der Waals surface area contributed by atoms with Crippen molar-refractivity contribution in [3.8, 4) is 0 Å². The number of hydrogen-bond donors (Lipinski definition) is 0. The van der Waals surface area contributed by atoms with Gasteiger partial charge in [0.25, 0.3) is 0 Å². The minimum absolute atomic E-state index is 0.134. The van der Waals surface area contributed by atoms with Gasteiger partial charge in [0.05, 0.1) is 11.6 Å². The number of benzene rings is 2. The maximum absolute atomic E-state index is 12.8. The molecule has 2 aromatic carbocycles. The molecular weight excluding hydrogens is 310 g/mol. The summed E-state index contributed by atoms with van der Waals surface area (Å²) in [7, 11) is 0. The molecule has 118 valence electrons. The zero-order chi connectivity index (χ0) is 16.6. The molecule has 23 heavy (non-hydrogen) atoms. The number of anilines is 1. The maximum Gasteiger partial charge on any atom is 0.238 e. The molecule has 0 radical (unpaired) electrons. The van der Waals surface area contributed by atoms with Gasteiger partial charge in [-0.2, -0.15) is 0 Å². The fraction of sp³-hybridized carbons (Fsp3) is 0.263. The zero-order valence-corrected chi connectivity index (χ0v) is 13.9. The van der Waals surface area contributed by atoms with E-state index in [1.807, 2.05) is 38.1 Å². The van der Waals surface area contributed by atoms with Crippen LogP contribution >= 0.6 is 11.6 Å². The molecule has 1 aliphatic rings. The largest absolute Gasteiger partial charge is 0.274 e. The van der Waals surface area contributed by atoms with E-state index in [4.69, 9.17) is 11.6 Å². The minimum atomic E-state index is -0.320. The molecule has 0 saturated carbocycles. The highest BCUT2D eigenvalue weighted by Gasteiger charge is 2.45. The summed E-state index contributed by atoms with van der Waals surface area (Å²) in [5, 5.41) is 0.581. The molecular formula is C19H18ClNO2. The van der Waals surface area contributed by atoms with E-state index in [-0.39, 0.29) is 23.7 Å². The number of hydrogen-bond acceptors (Lipinski definition) is 2. The van der Waals surface area contributed by atoms with Gasteiger partial charge in [-0.05, 0) is 43.2 Å². The number of nitrogens with zero attached hydrogens (tertiary/aromatic N) is 1. The zero-order valence-electron chi connectivity index (χ0n) is 13.1. The highest BCUT2D eigenvalue weighted by atomic mass is 35.5. The van der Waals surface area contributed by atoms with Crippen LogP contribution in [0.15, 0.2) is 48.5 Å². The van der Waals surface area contributed by atoms with Crippen molar-refractivity contribution in [2.45, 2.75) is 20.3 Å². The number of imide groups is 1. The van der Waals surface area contributed by atoms with Crippen molar-refractivity contribution in [3.63, 3.8) is 0 Å². The van der Waals surface area contributed by atoms with Crippen molar-refractivity contribution in [1.82, 2.24) is 0 Å². The van der Waals surface area contributed by atoms with Gasteiger partial charge in [0, 0.05) is 10.9 Å². The van der Waals surface area contributed by atoms with Gasteiger partial charge < -0.3 is 0 Å². The van der Waals surface area contributed by atoms with Crippen molar-refractivity contribution in [2.24, 2.45) is 11.8 Å². The number of carbonyl (C=O) groups is 2. The molecule has 1 saturated heterocycles. The van der Waals surface area contributed by atoms with Crippen LogP contribution in [0.3, 0.4) is 0 Å². The van der Waals surface area contributed by atoms with Gasteiger partial charge in [-0.15, -0.1) is 0 Å². The van der Waals surface area contributed by atoms with Crippen LogP contribution in [0, 0.1) is 18.8 Å². The molecule has 0 N–H and O–H groups in total. The molecule has 1 heterocycles. The van der Waals surface area contributed by atoms with Gasteiger partial charge in [0.1, 0.15) is 0 Å². The third-order valence-electron chi connectivity index (χ3n) is 4.41. The highest BCUT2D eigenvalue weighted by molar-refractivity contribution is 6.30. The molecule has 3 rings (SSSR count). The lowest BCUT2D eigenvalue weighted by molar-refractivity contribution is -0.122. The first kappa shape index (κ1) is 15.8. The van der Waals surface area contributed by atoms with Crippen LogP contribution in [-0.4, -0.2) is 11.8 Å². The quantitative estimate of drug-likeness (QED) is 0.799. The Hall–Kier alpha value is -2.13. The fourth-order valence-corrected chi connectivity index (χ4v) is 3.08. The summed E-state index contributed by atoms with van der Waals surface area (Å²) in [5.74, 6) is -0.916. The monoisotopic (exact) mass is 327 g/mol. The lowest BCUT2D eigenvalue weighted by Crippen LogP contribution is -2.31. The summed E-state index contributed by atoms with van der Waals surface area (Å²) in [6.07, 6.45) is 0.579. The van der Waals surface area contributed by atoms with E-state index in [9.17, 15) is 9.59 Å². The molecule has 0 spiro atoms. The van der Waals surface area contributed by atoms with E-state index < -0.39 is 0 Å². The Balaban J connectivity index is 1.85. The van der Waals surface area contributed by atoms with Crippen LogP contribution in [0.4, 0.5) is 5.69 Å². The molecule has 1 fully saturated rings. The number of aryl methyl sites for hydroxylation is 1. The predicted molar refractivity (Wildman–Crippen MR) is 91.5 cm³/mol. The summed E-state index contributed by atoms with van der Waals surface area (Å²) in [6, 6.07) is 14.9. The Kier molecular flexibility index (Phi) is 4.22. The molecule has 2 aromatic rings. The van der Waals surface area contributed by atoms with E-state index in [2.05, 4.69) is 0 Å². The van der Waals surface area contributed by atoms with Crippen LogP contribution < -0.4 is 4.90 Å². The van der Waals surface area contributed by atoms with Crippen molar-refractivity contribution in [1.29, 1.82) is 0 Å². The Bertz CT molecular complexity index is 737. The van der Waals surface area contributed by atoms with Crippen LogP contribution in [0.1, 0.15) is 18.1 Å². The Labute approximate surface area is 140 Å². The lowest BCUT2D eigenvalue weighted by atomic mass is 9.90. The molecule has 2 atom stereocenters. The van der Waals surface area contributed by atoms with Crippen molar-refractivity contribution >= 4 is 29.1 Å². The smallest absolute Gasteiger partial charge is 0.238 e. The standard InChI is InChI=1S/C19H18ClNO2/c1-12-3-5-14(6-4-12)11-17-13(2)18(22)21(19(17)23)16-9-7-15(20)8-10-16/h3-10,13,17H,11H2,1-2H3/t13-,17+/m0/s1. The summed E-state index contributed by atoms with van der Waals surface area (Å²) >= 11 is 5.88. The summed E-state index contributed by atoms with van der Waals surface area (Å²) < 4.78 is 0. The van der Waals surface area contributed by atoms with Gasteiger partial charge in [-0.25, -0.2) is 0 Å². The topological polar surface area (TPSA) is 37.4 Å². The van der Waals surface area contributed by atoms with Crippen LogP contribution in [0.5, 0.6) is 0 Å². The number of amides is 2. The third kappa shape index (κ3) is 3.02. The molecule has 2 amide bonds. The van der Waals surface area contributed by atoms with Crippen LogP contribution in [0.25, 0.3) is 0 Å². The minimum Gasteiger partial charge on any atom is -0.274 e. The van der Waals surface area contributed by atoms with E-state index in [0.29, 0.717) is 17.1 Å². The van der Waals surface area contributed by atoms with E-state index in [1.165, 1.54) is 10.5 Å². The molecule has 0 unspecified atom stereocenters. The van der Waals surface area contributed by atoms with Crippen molar-refractivity contribution in [3.05, 3.63) is 64.7 Å². The maximum atomic E-state index is 12.8. The van der Waals surface area contributed by atoms with E-state index >= 15 is 0 Å². The number of rotatable bonds is 3. The predicted octanol–water partition coefficient (Wildman–Crippen LogP) is 4.02. The third-order valence-corrected chi connectivity index (χ3v) is 4.66. The first-order chi connectivity index (χ1) is 11.0. The first-order valence-electron chi connectivity index (χ1n) is 7.66. The average Bonchev–Trinajstić information content (AvgIpc) is 2.74. The number of halogens is 1. The van der Waals surface area contributed by atoms with E-state index in [0.717, 1.165) is 5.56 Å². The Morgan fingerprint density at radius 2 is 1.57 bits per heavy atom. The Morgan fingerprint density at radius 1 is 0.957 bits per heavy atom. The number of carbonyl (C=O) groups excluding carboxylic acids is 2. The average molecular weight is 328 g/mol. The molecule has 0 bridgehead atoms. The molecule has 1 aliphatic heterocycles. The summed E-state index contributed by atoms with van der Waals surface area (Å²) in [4.78, 5) is 26.6. The SMILES string of the molecule is Cc1ccc(C[C@H]2C(=O)N(c3ccc(Cl)cc3)C(=O)[C@H]2C)cc1. The van der Waals surface area contributed by atoms with Gasteiger partial charge in [-0.1, -0.05) is 48.4 Å². The van der Waals surface area contributed by atoms with Crippen LogP contribution in [-0.2, 0) is 16.0 Å². The van der Waals surface area contributed by atoms with Gasteiger partial charge in [0.15, 0.2) is 0 Å². The second kappa shape index (κ2) is 6.17. The summed E-state index contributed by atoms with van der Waals surface area (Å²) in [6.45, 7) is 3.86. The van der Waals surface area contributed by atoms with E-state index in [1.54, 1.807) is 24.3 Å². The first-order valence-corrected chi connectivity index (χ1v) is 8.04. The van der Waals surface area contributed by atoms with Crippen molar-refractivity contribution in [2.75, 3.05) is 4.90 Å². The van der Waals surface area contributed by atoms with Gasteiger partial charge >= 0.3 is 0 Å². The van der Waals surface area contributed by atoms with Crippen molar-refractivity contribution < 1.29 is 9.59 Å². The molecule has 4 heteroatoms. The molecule has 3 nitrogen and oxygen atoms in total. The van der Waals surface area contributed by atoms with Crippen LogP contribution in [0.2, 0.25) is 5.02 Å². The molecule has 0 aromatic heterocycles. The molecule has 0 aliphatic carbocycles. The van der Waals surface area contributed by atoms with Gasteiger partial charge in [-0.3, -0.25) is 14.5 Å².